The number of ether oxygens (including phenoxy) is 2. The number of carbonyl (C=O) groups excluding carboxylic acids is 1. The minimum atomic E-state index is -0.0576. The molecule has 0 saturated heterocycles. The number of benzene rings is 2. The molecule has 1 aliphatic rings. The average Bonchev–Trinajstić information content (AvgIpc) is 2.93. The Balaban J connectivity index is 2.05. The van der Waals surface area contributed by atoms with Gasteiger partial charge < -0.3 is 9.47 Å². The zero-order chi connectivity index (χ0) is 15.0. The predicted molar refractivity (Wildman–Crippen MR) is 87.5 cm³/mol. The Hall–Kier alpha value is -1.33. The topological polar surface area (TPSA) is 35.5 Å². The maximum atomic E-state index is 12.7. The molecule has 21 heavy (non-hydrogen) atoms. The van der Waals surface area contributed by atoms with Gasteiger partial charge in [-0.2, -0.15) is 0 Å². The van der Waals surface area contributed by atoms with E-state index in [1.807, 2.05) is 12.1 Å². The fraction of sp³-hybridized carbons (Fsp3) is 0.188. The van der Waals surface area contributed by atoms with Crippen LogP contribution in [-0.2, 0) is 6.42 Å². The van der Waals surface area contributed by atoms with Crippen molar-refractivity contribution in [3.05, 3.63) is 56.0 Å². The average molecular weight is 412 g/mol. The molecule has 0 radical (unpaired) electrons. The van der Waals surface area contributed by atoms with Crippen molar-refractivity contribution in [1.82, 2.24) is 0 Å². The van der Waals surface area contributed by atoms with Gasteiger partial charge in [0, 0.05) is 16.5 Å². The number of hydrogen-bond acceptors (Lipinski definition) is 3. The first-order chi connectivity index (χ1) is 10.1. The molecule has 0 saturated carbocycles. The molecule has 108 valence electrons. The highest BCUT2D eigenvalue weighted by atomic mass is 79.9. The van der Waals surface area contributed by atoms with Crippen molar-refractivity contribution in [3.63, 3.8) is 0 Å². The Labute approximate surface area is 139 Å². The van der Waals surface area contributed by atoms with Crippen LogP contribution in [0.1, 0.15) is 21.5 Å². The van der Waals surface area contributed by atoms with E-state index in [9.17, 15) is 4.79 Å². The number of carbonyl (C=O) groups is 1. The minimum absolute atomic E-state index is 0.0576. The molecule has 0 N–H and O–H groups in total. The lowest BCUT2D eigenvalue weighted by atomic mass is 10.00. The van der Waals surface area contributed by atoms with Gasteiger partial charge in [-0.25, -0.2) is 0 Å². The van der Waals surface area contributed by atoms with Crippen molar-refractivity contribution in [2.75, 3.05) is 13.7 Å². The summed E-state index contributed by atoms with van der Waals surface area (Å²) in [5.41, 5.74) is 2.26. The summed E-state index contributed by atoms with van der Waals surface area (Å²) in [5, 5.41) is 0. The Morgan fingerprint density at radius 2 is 2.05 bits per heavy atom. The number of fused-ring (bicyclic) bond motifs is 1. The smallest absolute Gasteiger partial charge is 0.196 e. The van der Waals surface area contributed by atoms with E-state index < -0.39 is 0 Å². The monoisotopic (exact) mass is 410 g/mol. The second-order valence-electron chi connectivity index (χ2n) is 4.72. The first kappa shape index (κ1) is 14.6. The third-order valence-electron chi connectivity index (χ3n) is 3.41. The molecule has 2 aromatic rings. The summed E-state index contributed by atoms with van der Waals surface area (Å²) >= 11 is 6.86. The highest BCUT2D eigenvalue weighted by Gasteiger charge is 2.23. The first-order valence-electron chi connectivity index (χ1n) is 6.43. The quantitative estimate of drug-likeness (QED) is 0.702. The van der Waals surface area contributed by atoms with E-state index in [0.717, 1.165) is 20.9 Å². The lowest BCUT2D eigenvalue weighted by Gasteiger charge is -2.10. The fourth-order valence-corrected chi connectivity index (χ4v) is 3.45. The molecule has 1 heterocycles. The molecule has 0 bridgehead atoms. The van der Waals surface area contributed by atoms with Gasteiger partial charge in [-0.3, -0.25) is 4.79 Å². The largest absolute Gasteiger partial charge is 0.496 e. The van der Waals surface area contributed by atoms with Crippen molar-refractivity contribution in [3.8, 4) is 11.5 Å². The van der Waals surface area contributed by atoms with Crippen molar-refractivity contribution in [2.45, 2.75) is 6.42 Å². The van der Waals surface area contributed by atoms with Gasteiger partial charge in [0.25, 0.3) is 0 Å². The van der Waals surface area contributed by atoms with Crippen LogP contribution in [0, 0.1) is 0 Å². The van der Waals surface area contributed by atoms with E-state index in [-0.39, 0.29) is 5.78 Å². The van der Waals surface area contributed by atoms with Crippen molar-refractivity contribution >= 4 is 37.6 Å². The van der Waals surface area contributed by atoms with Crippen molar-refractivity contribution in [2.24, 2.45) is 0 Å². The zero-order valence-electron chi connectivity index (χ0n) is 11.3. The number of hydrogen-bond donors (Lipinski definition) is 0. The number of methoxy groups -OCH3 is 1. The maximum Gasteiger partial charge on any atom is 0.196 e. The highest BCUT2D eigenvalue weighted by Crippen LogP contribution is 2.35. The van der Waals surface area contributed by atoms with Crippen LogP contribution in [0.2, 0.25) is 0 Å². The fourth-order valence-electron chi connectivity index (χ4n) is 2.40. The molecule has 3 nitrogen and oxygen atoms in total. The minimum Gasteiger partial charge on any atom is -0.496 e. The summed E-state index contributed by atoms with van der Waals surface area (Å²) in [6.07, 6.45) is 0.835. The number of rotatable bonds is 3. The van der Waals surface area contributed by atoms with Gasteiger partial charge in [0.15, 0.2) is 5.78 Å². The number of halogens is 2. The summed E-state index contributed by atoms with van der Waals surface area (Å²) in [6.45, 7) is 0.623. The van der Waals surface area contributed by atoms with E-state index in [2.05, 4.69) is 31.9 Å². The maximum absolute atomic E-state index is 12.7. The van der Waals surface area contributed by atoms with Gasteiger partial charge in [-0.05, 0) is 51.8 Å². The molecule has 5 heteroatoms. The van der Waals surface area contributed by atoms with E-state index in [1.54, 1.807) is 25.3 Å². The van der Waals surface area contributed by atoms with Crippen LogP contribution in [-0.4, -0.2) is 19.5 Å². The summed E-state index contributed by atoms with van der Waals surface area (Å²) in [6, 6.07) is 9.11. The Kier molecular flexibility index (Phi) is 4.04. The standard InChI is InChI=1S/C16H12Br2O3/c1-20-14-3-2-9(7-13(14)18)15(19)12-8-11(17)6-10-4-5-21-16(10)12/h2-3,6-8H,4-5H2,1H3. The predicted octanol–water partition coefficient (Wildman–Crippen LogP) is 4.39. The van der Waals surface area contributed by atoms with Gasteiger partial charge in [-0.15, -0.1) is 0 Å². The second kappa shape index (κ2) is 5.81. The Morgan fingerprint density at radius 3 is 2.76 bits per heavy atom. The summed E-state index contributed by atoms with van der Waals surface area (Å²) < 4.78 is 12.5. The van der Waals surface area contributed by atoms with E-state index in [1.165, 1.54) is 0 Å². The third-order valence-corrected chi connectivity index (χ3v) is 4.48. The van der Waals surface area contributed by atoms with Gasteiger partial charge in [0.1, 0.15) is 11.5 Å². The second-order valence-corrected chi connectivity index (χ2v) is 6.49. The molecule has 0 aliphatic carbocycles. The van der Waals surface area contributed by atoms with Crippen molar-refractivity contribution < 1.29 is 14.3 Å². The molecule has 0 fully saturated rings. The first-order valence-corrected chi connectivity index (χ1v) is 8.02. The Morgan fingerprint density at radius 1 is 1.24 bits per heavy atom. The Bertz CT molecular complexity index is 726. The molecule has 0 spiro atoms. The van der Waals surface area contributed by atoms with Gasteiger partial charge >= 0.3 is 0 Å². The summed E-state index contributed by atoms with van der Waals surface area (Å²) in [4.78, 5) is 12.7. The van der Waals surface area contributed by atoms with Gasteiger partial charge in [0.2, 0.25) is 0 Å². The van der Waals surface area contributed by atoms with E-state index in [4.69, 9.17) is 9.47 Å². The molecule has 3 rings (SSSR count). The van der Waals surface area contributed by atoms with E-state index >= 15 is 0 Å². The van der Waals surface area contributed by atoms with Crippen LogP contribution in [0.4, 0.5) is 0 Å². The molecule has 0 atom stereocenters. The van der Waals surface area contributed by atoms with Crippen LogP contribution in [0.25, 0.3) is 0 Å². The molecule has 0 unspecified atom stereocenters. The molecule has 2 aromatic carbocycles. The lowest BCUT2D eigenvalue weighted by molar-refractivity contribution is 0.103. The number of ketones is 1. The molecular weight excluding hydrogens is 400 g/mol. The van der Waals surface area contributed by atoms with Crippen LogP contribution < -0.4 is 9.47 Å². The zero-order valence-corrected chi connectivity index (χ0v) is 14.5. The van der Waals surface area contributed by atoms with Gasteiger partial charge in [-0.1, -0.05) is 15.9 Å². The van der Waals surface area contributed by atoms with Crippen LogP contribution in [0.3, 0.4) is 0 Å². The van der Waals surface area contributed by atoms with Crippen LogP contribution >= 0.6 is 31.9 Å². The lowest BCUT2D eigenvalue weighted by Crippen LogP contribution is -2.04. The van der Waals surface area contributed by atoms with E-state index in [0.29, 0.717) is 29.2 Å². The third kappa shape index (κ3) is 2.72. The van der Waals surface area contributed by atoms with Gasteiger partial charge in [0.05, 0.1) is 23.8 Å². The van der Waals surface area contributed by atoms with Crippen LogP contribution in [0.15, 0.2) is 39.3 Å². The van der Waals surface area contributed by atoms with Crippen LogP contribution in [0.5, 0.6) is 11.5 Å². The molecule has 0 amide bonds. The molecular formula is C16H12Br2O3. The highest BCUT2D eigenvalue weighted by molar-refractivity contribution is 9.10. The normalized spacial score (nSPS) is 12.7. The summed E-state index contributed by atoms with van der Waals surface area (Å²) in [5.74, 6) is 1.34. The molecule has 1 aliphatic heterocycles. The summed E-state index contributed by atoms with van der Waals surface area (Å²) in [7, 11) is 1.59. The van der Waals surface area contributed by atoms with Crippen molar-refractivity contribution in [1.29, 1.82) is 0 Å². The SMILES string of the molecule is COc1ccc(C(=O)c2cc(Br)cc3c2OCC3)cc1Br. The molecule has 0 aromatic heterocycles.